The van der Waals surface area contributed by atoms with E-state index in [0.717, 1.165) is 12.8 Å². The largest absolute Gasteiger partial charge is 0.493 e. The smallest absolute Gasteiger partial charge is 0.161 e. The molecular formula is C14H20FNO2. The van der Waals surface area contributed by atoms with Gasteiger partial charge in [0.25, 0.3) is 0 Å². The Morgan fingerprint density at radius 2 is 2.00 bits per heavy atom. The lowest BCUT2D eigenvalue weighted by Crippen LogP contribution is -2.36. The third kappa shape index (κ3) is 2.43. The van der Waals surface area contributed by atoms with Gasteiger partial charge in [-0.25, -0.2) is 4.39 Å². The summed E-state index contributed by atoms with van der Waals surface area (Å²) in [6, 6.07) is 5.17. The Labute approximate surface area is 107 Å². The molecule has 2 atom stereocenters. The first-order valence-corrected chi connectivity index (χ1v) is 6.26. The minimum absolute atomic E-state index is 0.0585. The van der Waals surface area contributed by atoms with Gasteiger partial charge >= 0.3 is 0 Å². The lowest BCUT2D eigenvalue weighted by atomic mass is 9.79. The SMILES string of the molecule is COc1ccc(C2(F)CCCC(N)C2)cc1OC. The fourth-order valence-electron chi connectivity index (χ4n) is 2.64. The number of alkyl halides is 1. The molecule has 2 N–H and O–H groups in total. The van der Waals surface area contributed by atoms with E-state index in [1.165, 1.54) is 0 Å². The van der Waals surface area contributed by atoms with Crippen LogP contribution in [0.2, 0.25) is 0 Å². The molecule has 0 aromatic heterocycles. The van der Waals surface area contributed by atoms with Gasteiger partial charge in [-0.2, -0.15) is 0 Å². The van der Waals surface area contributed by atoms with Gasteiger partial charge in [0.05, 0.1) is 14.2 Å². The van der Waals surface area contributed by atoms with E-state index < -0.39 is 5.67 Å². The maximum absolute atomic E-state index is 14.9. The van der Waals surface area contributed by atoms with Crippen molar-refractivity contribution in [3.05, 3.63) is 23.8 Å². The van der Waals surface area contributed by atoms with Crippen molar-refractivity contribution < 1.29 is 13.9 Å². The number of rotatable bonds is 3. The van der Waals surface area contributed by atoms with Crippen molar-refractivity contribution in [2.75, 3.05) is 14.2 Å². The molecular weight excluding hydrogens is 233 g/mol. The van der Waals surface area contributed by atoms with E-state index in [1.807, 2.05) is 0 Å². The molecule has 4 heteroatoms. The molecule has 1 saturated carbocycles. The number of hydrogen-bond donors (Lipinski definition) is 1. The predicted octanol–water partition coefficient (Wildman–Crippen LogP) is 2.77. The molecule has 0 amide bonds. The molecule has 1 aliphatic carbocycles. The van der Waals surface area contributed by atoms with E-state index in [9.17, 15) is 4.39 Å². The zero-order chi connectivity index (χ0) is 13.2. The van der Waals surface area contributed by atoms with Crippen LogP contribution >= 0.6 is 0 Å². The summed E-state index contributed by atoms with van der Waals surface area (Å²) in [6.07, 6.45) is 2.63. The summed E-state index contributed by atoms with van der Waals surface area (Å²) >= 11 is 0. The molecule has 1 fully saturated rings. The summed E-state index contributed by atoms with van der Waals surface area (Å²) in [7, 11) is 3.12. The van der Waals surface area contributed by atoms with Crippen LogP contribution in [0.1, 0.15) is 31.2 Å². The van der Waals surface area contributed by atoms with Crippen molar-refractivity contribution in [3.63, 3.8) is 0 Å². The van der Waals surface area contributed by atoms with Crippen molar-refractivity contribution in [3.8, 4) is 11.5 Å². The van der Waals surface area contributed by atoms with Crippen molar-refractivity contribution in [2.45, 2.75) is 37.4 Å². The van der Waals surface area contributed by atoms with Gasteiger partial charge in [0.2, 0.25) is 0 Å². The maximum atomic E-state index is 14.9. The molecule has 0 heterocycles. The zero-order valence-corrected chi connectivity index (χ0v) is 10.9. The van der Waals surface area contributed by atoms with Gasteiger partial charge in [-0.05, 0) is 37.0 Å². The molecule has 1 aromatic carbocycles. The highest BCUT2D eigenvalue weighted by molar-refractivity contribution is 5.44. The number of nitrogens with two attached hydrogens (primary N) is 1. The van der Waals surface area contributed by atoms with E-state index in [0.29, 0.717) is 29.9 Å². The molecule has 100 valence electrons. The summed E-state index contributed by atoms with van der Waals surface area (Å²) in [5.74, 6) is 1.18. The molecule has 18 heavy (non-hydrogen) atoms. The van der Waals surface area contributed by atoms with E-state index in [2.05, 4.69) is 0 Å². The van der Waals surface area contributed by atoms with Crippen molar-refractivity contribution in [2.24, 2.45) is 5.73 Å². The van der Waals surface area contributed by atoms with Gasteiger partial charge in [-0.15, -0.1) is 0 Å². The lowest BCUT2D eigenvalue weighted by Gasteiger charge is -2.33. The molecule has 2 unspecified atom stereocenters. The van der Waals surface area contributed by atoms with Crippen LogP contribution in [0, 0.1) is 0 Å². The maximum Gasteiger partial charge on any atom is 0.161 e. The number of halogens is 1. The van der Waals surface area contributed by atoms with Gasteiger partial charge in [0.15, 0.2) is 11.5 Å². The van der Waals surface area contributed by atoms with Crippen LogP contribution in [-0.4, -0.2) is 20.3 Å². The standard InChI is InChI=1S/C14H20FNO2/c1-17-12-6-5-10(8-13(12)18-2)14(15)7-3-4-11(16)9-14/h5-6,8,11H,3-4,7,9,16H2,1-2H3. The first kappa shape index (κ1) is 13.1. The van der Waals surface area contributed by atoms with E-state index >= 15 is 0 Å². The van der Waals surface area contributed by atoms with Crippen LogP contribution in [-0.2, 0) is 5.67 Å². The highest BCUT2D eigenvalue weighted by Gasteiger charge is 2.37. The zero-order valence-electron chi connectivity index (χ0n) is 10.9. The van der Waals surface area contributed by atoms with Crippen LogP contribution in [0.5, 0.6) is 11.5 Å². The van der Waals surface area contributed by atoms with E-state index in [1.54, 1.807) is 32.4 Å². The number of ether oxygens (including phenoxy) is 2. The predicted molar refractivity (Wildman–Crippen MR) is 68.8 cm³/mol. The Balaban J connectivity index is 2.32. The van der Waals surface area contributed by atoms with Crippen LogP contribution < -0.4 is 15.2 Å². The van der Waals surface area contributed by atoms with E-state index in [-0.39, 0.29) is 6.04 Å². The Morgan fingerprint density at radius 3 is 2.61 bits per heavy atom. The van der Waals surface area contributed by atoms with Gasteiger partial charge in [0, 0.05) is 12.5 Å². The van der Waals surface area contributed by atoms with Crippen molar-refractivity contribution in [1.82, 2.24) is 0 Å². The highest BCUT2D eigenvalue weighted by Crippen LogP contribution is 2.42. The van der Waals surface area contributed by atoms with Gasteiger partial charge in [-0.3, -0.25) is 0 Å². The van der Waals surface area contributed by atoms with Crippen molar-refractivity contribution >= 4 is 0 Å². The summed E-state index contributed by atoms with van der Waals surface area (Å²) in [5, 5.41) is 0. The molecule has 2 rings (SSSR count). The molecule has 1 aliphatic rings. The van der Waals surface area contributed by atoms with Gasteiger partial charge < -0.3 is 15.2 Å². The Bertz CT molecular complexity index is 424. The number of benzene rings is 1. The van der Waals surface area contributed by atoms with Crippen LogP contribution in [0.25, 0.3) is 0 Å². The molecule has 0 aliphatic heterocycles. The minimum atomic E-state index is -1.34. The Kier molecular flexibility index (Phi) is 3.76. The summed E-state index contributed by atoms with van der Waals surface area (Å²) in [4.78, 5) is 0. The normalized spacial score (nSPS) is 27.9. The molecule has 1 aromatic rings. The fraction of sp³-hybridized carbons (Fsp3) is 0.571. The Morgan fingerprint density at radius 1 is 1.28 bits per heavy atom. The van der Waals surface area contributed by atoms with Gasteiger partial charge in [-0.1, -0.05) is 6.07 Å². The third-order valence-electron chi connectivity index (χ3n) is 3.63. The summed E-state index contributed by atoms with van der Waals surface area (Å²) in [6.45, 7) is 0. The Hall–Kier alpha value is -1.29. The van der Waals surface area contributed by atoms with Crippen LogP contribution in [0.15, 0.2) is 18.2 Å². The second-order valence-electron chi connectivity index (χ2n) is 4.89. The molecule has 0 saturated heterocycles. The number of methoxy groups -OCH3 is 2. The van der Waals surface area contributed by atoms with Crippen molar-refractivity contribution in [1.29, 1.82) is 0 Å². The fourth-order valence-corrected chi connectivity index (χ4v) is 2.64. The molecule has 3 nitrogen and oxygen atoms in total. The summed E-state index contributed by atoms with van der Waals surface area (Å²) in [5.41, 5.74) is 5.18. The first-order chi connectivity index (χ1) is 8.59. The highest BCUT2D eigenvalue weighted by atomic mass is 19.1. The second-order valence-corrected chi connectivity index (χ2v) is 4.89. The first-order valence-electron chi connectivity index (χ1n) is 6.26. The molecule has 0 spiro atoms. The molecule has 0 radical (unpaired) electrons. The number of hydrogen-bond acceptors (Lipinski definition) is 3. The van der Waals surface area contributed by atoms with Crippen LogP contribution in [0.4, 0.5) is 4.39 Å². The minimum Gasteiger partial charge on any atom is -0.493 e. The third-order valence-corrected chi connectivity index (χ3v) is 3.63. The van der Waals surface area contributed by atoms with Gasteiger partial charge in [0.1, 0.15) is 5.67 Å². The van der Waals surface area contributed by atoms with E-state index in [4.69, 9.17) is 15.2 Å². The summed E-state index contributed by atoms with van der Waals surface area (Å²) < 4.78 is 25.3. The molecule has 0 bridgehead atoms. The second kappa shape index (κ2) is 5.14. The topological polar surface area (TPSA) is 44.5 Å². The van der Waals surface area contributed by atoms with Crippen LogP contribution in [0.3, 0.4) is 0 Å². The monoisotopic (exact) mass is 253 g/mol. The average molecular weight is 253 g/mol. The lowest BCUT2D eigenvalue weighted by molar-refractivity contribution is 0.0944. The quantitative estimate of drug-likeness (QED) is 0.900. The average Bonchev–Trinajstić information content (AvgIpc) is 2.37.